The van der Waals surface area contributed by atoms with Gasteiger partial charge < -0.3 is 10.4 Å². The van der Waals surface area contributed by atoms with Crippen LogP contribution in [0, 0.1) is 0 Å². The van der Waals surface area contributed by atoms with Crippen LogP contribution in [0.1, 0.15) is 56.2 Å². The molecule has 0 saturated carbocycles. The minimum atomic E-state index is 0.347. The van der Waals surface area contributed by atoms with Crippen LogP contribution in [0.25, 0.3) is 10.8 Å². The summed E-state index contributed by atoms with van der Waals surface area (Å²) < 4.78 is 0. The van der Waals surface area contributed by atoms with E-state index in [2.05, 4.69) is 63.3 Å². The molecule has 0 amide bonds. The van der Waals surface area contributed by atoms with Crippen molar-refractivity contribution in [2.75, 3.05) is 5.32 Å². The molecule has 0 atom stereocenters. The number of phenols is 1. The molecule has 0 unspecified atom stereocenters. The van der Waals surface area contributed by atoms with Gasteiger partial charge in [-0.05, 0) is 39.8 Å². The van der Waals surface area contributed by atoms with Gasteiger partial charge in [-0.3, -0.25) is 0 Å². The lowest BCUT2D eigenvalue weighted by molar-refractivity contribution is 0.470. The number of aromatic hydroxyl groups is 1. The third kappa shape index (κ3) is 3.48. The number of phenolic OH excluding ortho intramolecular Hbond substituents is 1. The van der Waals surface area contributed by atoms with Gasteiger partial charge in [-0.1, -0.05) is 76.2 Å². The number of fused-ring (bicyclic) bond motifs is 1. The fourth-order valence-corrected chi connectivity index (χ4v) is 3.44. The average Bonchev–Trinajstić information content (AvgIpc) is 2.60. The van der Waals surface area contributed by atoms with Gasteiger partial charge in [-0.15, -0.1) is 0 Å². The summed E-state index contributed by atoms with van der Waals surface area (Å²) in [6.07, 6.45) is 0. The van der Waals surface area contributed by atoms with Crippen LogP contribution in [-0.2, 0) is 6.54 Å². The van der Waals surface area contributed by atoms with Crippen molar-refractivity contribution < 1.29 is 5.11 Å². The second-order valence-corrected chi connectivity index (χ2v) is 7.26. The molecule has 0 aliphatic carbocycles. The van der Waals surface area contributed by atoms with E-state index in [1.54, 1.807) is 6.07 Å². The Balaban J connectivity index is 2.01. The summed E-state index contributed by atoms with van der Waals surface area (Å²) in [4.78, 5) is 0. The number of hydrogen-bond donors (Lipinski definition) is 2. The highest BCUT2D eigenvalue weighted by molar-refractivity contribution is 5.88. The van der Waals surface area contributed by atoms with Crippen molar-refractivity contribution in [3.05, 3.63) is 71.3 Å². The third-order valence-electron chi connectivity index (χ3n) is 4.83. The number of benzene rings is 3. The Morgan fingerprint density at radius 3 is 2.08 bits per heavy atom. The lowest BCUT2D eigenvalue weighted by Gasteiger charge is -2.21. The molecule has 3 rings (SSSR count). The molecule has 130 valence electrons. The van der Waals surface area contributed by atoms with Crippen molar-refractivity contribution in [1.29, 1.82) is 0 Å². The molecule has 3 aromatic rings. The Hall–Kier alpha value is -2.48. The topological polar surface area (TPSA) is 32.3 Å². The summed E-state index contributed by atoms with van der Waals surface area (Å²) in [6, 6.07) is 18.5. The fourth-order valence-electron chi connectivity index (χ4n) is 3.44. The number of nitrogens with one attached hydrogen (secondary N) is 1. The van der Waals surface area contributed by atoms with Crippen LogP contribution in [0.4, 0.5) is 5.69 Å². The zero-order chi connectivity index (χ0) is 18.0. The van der Waals surface area contributed by atoms with E-state index >= 15 is 0 Å². The highest BCUT2D eigenvalue weighted by Crippen LogP contribution is 2.34. The van der Waals surface area contributed by atoms with E-state index < -0.39 is 0 Å². The van der Waals surface area contributed by atoms with E-state index in [1.165, 1.54) is 16.8 Å². The van der Waals surface area contributed by atoms with E-state index in [0.717, 1.165) is 16.3 Å². The second kappa shape index (κ2) is 7.18. The lowest BCUT2D eigenvalue weighted by atomic mass is 9.92. The van der Waals surface area contributed by atoms with E-state index in [4.69, 9.17) is 0 Å². The Labute approximate surface area is 150 Å². The average molecular weight is 333 g/mol. The van der Waals surface area contributed by atoms with Crippen molar-refractivity contribution in [2.45, 2.75) is 46.1 Å². The van der Waals surface area contributed by atoms with Crippen LogP contribution in [0.2, 0.25) is 0 Å². The molecule has 2 N–H and O–H groups in total. The van der Waals surface area contributed by atoms with Crippen molar-refractivity contribution in [2.24, 2.45) is 0 Å². The molecular weight excluding hydrogens is 306 g/mol. The molecule has 0 aliphatic heterocycles. The number of hydrogen-bond acceptors (Lipinski definition) is 2. The molecule has 2 heteroatoms. The first-order chi connectivity index (χ1) is 12.0. The molecular formula is C23H27NO. The zero-order valence-electron chi connectivity index (χ0n) is 15.5. The quantitative estimate of drug-likeness (QED) is 0.566. The minimum absolute atomic E-state index is 0.347. The molecule has 0 fully saturated rings. The Bertz CT molecular complexity index is 854. The smallest absolute Gasteiger partial charge is 0.121 e. The highest BCUT2D eigenvalue weighted by Gasteiger charge is 2.14. The van der Waals surface area contributed by atoms with Crippen LogP contribution in [-0.4, -0.2) is 5.11 Å². The molecule has 0 radical (unpaired) electrons. The highest BCUT2D eigenvalue weighted by atomic mass is 16.3. The molecule has 0 aromatic heterocycles. The van der Waals surface area contributed by atoms with Gasteiger partial charge in [0.2, 0.25) is 0 Å². The van der Waals surface area contributed by atoms with Gasteiger partial charge >= 0.3 is 0 Å². The zero-order valence-corrected chi connectivity index (χ0v) is 15.5. The first-order valence-corrected chi connectivity index (χ1v) is 9.05. The first kappa shape index (κ1) is 17.3. The fraction of sp³-hybridized carbons (Fsp3) is 0.304. The van der Waals surface area contributed by atoms with Crippen molar-refractivity contribution in [3.63, 3.8) is 0 Å². The van der Waals surface area contributed by atoms with E-state index in [-0.39, 0.29) is 0 Å². The summed E-state index contributed by atoms with van der Waals surface area (Å²) in [7, 11) is 0. The third-order valence-corrected chi connectivity index (χ3v) is 4.83. The van der Waals surface area contributed by atoms with Crippen LogP contribution >= 0.6 is 0 Å². The maximum absolute atomic E-state index is 10.4. The summed E-state index contributed by atoms with van der Waals surface area (Å²) in [5.41, 5.74) is 4.81. The maximum Gasteiger partial charge on any atom is 0.121 e. The Morgan fingerprint density at radius 1 is 0.800 bits per heavy atom. The van der Waals surface area contributed by atoms with Gasteiger partial charge in [-0.2, -0.15) is 0 Å². The monoisotopic (exact) mass is 333 g/mol. The second-order valence-electron chi connectivity index (χ2n) is 7.26. The largest absolute Gasteiger partial charge is 0.508 e. The van der Waals surface area contributed by atoms with Crippen molar-refractivity contribution in [3.8, 4) is 5.75 Å². The molecule has 0 saturated heterocycles. The van der Waals surface area contributed by atoms with Crippen molar-refractivity contribution >= 4 is 16.5 Å². The van der Waals surface area contributed by atoms with E-state index in [9.17, 15) is 5.11 Å². The van der Waals surface area contributed by atoms with E-state index in [1.807, 2.05) is 18.2 Å². The summed E-state index contributed by atoms with van der Waals surface area (Å²) >= 11 is 0. The van der Waals surface area contributed by atoms with Gasteiger partial charge in [0.05, 0.1) is 0 Å². The molecule has 0 spiro atoms. The summed E-state index contributed by atoms with van der Waals surface area (Å²) in [6.45, 7) is 9.50. The Morgan fingerprint density at radius 2 is 1.44 bits per heavy atom. The number of anilines is 1. The van der Waals surface area contributed by atoms with Gasteiger partial charge in [-0.25, -0.2) is 0 Å². The van der Waals surface area contributed by atoms with E-state index in [0.29, 0.717) is 24.1 Å². The molecule has 0 bridgehead atoms. The maximum atomic E-state index is 10.4. The van der Waals surface area contributed by atoms with Gasteiger partial charge in [0.15, 0.2) is 0 Å². The summed E-state index contributed by atoms with van der Waals surface area (Å²) in [5, 5.41) is 16.3. The number of rotatable bonds is 5. The molecule has 25 heavy (non-hydrogen) atoms. The SMILES string of the molecule is CC(C)c1cccc(C(C)C)c1NCc1c(O)ccc2ccccc12. The van der Waals surface area contributed by atoms with Crippen LogP contribution < -0.4 is 5.32 Å². The molecule has 0 heterocycles. The Kier molecular flexibility index (Phi) is 4.98. The van der Waals surface area contributed by atoms with Crippen LogP contribution in [0.5, 0.6) is 5.75 Å². The van der Waals surface area contributed by atoms with Gasteiger partial charge in [0.25, 0.3) is 0 Å². The van der Waals surface area contributed by atoms with Crippen molar-refractivity contribution in [1.82, 2.24) is 0 Å². The standard InChI is InChI=1S/C23H27NO/c1-15(2)18-10-7-11-19(16(3)4)23(18)24-14-21-20-9-6-5-8-17(20)12-13-22(21)25/h5-13,15-16,24-25H,14H2,1-4H3. The summed E-state index contributed by atoms with van der Waals surface area (Å²) in [5.74, 6) is 1.24. The van der Waals surface area contributed by atoms with Gasteiger partial charge in [0.1, 0.15) is 5.75 Å². The van der Waals surface area contributed by atoms with Gasteiger partial charge in [0, 0.05) is 17.8 Å². The predicted molar refractivity (Wildman–Crippen MR) is 108 cm³/mol. The molecule has 3 aromatic carbocycles. The molecule has 2 nitrogen and oxygen atoms in total. The predicted octanol–water partition coefficient (Wildman–Crippen LogP) is 6.40. The lowest BCUT2D eigenvalue weighted by Crippen LogP contribution is -2.08. The normalized spacial score (nSPS) is 11.4. The number of para-hydroxylation sites is 1. The molecule has 0 aliphatic rings. The van der Waals surface area contributed by atoms with Crippen LogP contribution in [0.15, 0.2) is 54.6 Å². The van der Waals surface area contributed by atoms with Crippen LogP contribution in [0.3, 0.4) is 0 Å². The first-order valence-electron chi connectivity index (χ1n) is 9.05. The minimum Gasteiger partial charge on any atom is -0.508 e.